The summed E-state index contributed by atoms with van der Waals surface area (Å²) in [6.07, 6.45) is 1.02. The van der Waals surface area contributed by atoms with Gasteiger partial charge >= 0.3 is 0 Å². The van der Waals surface area contributed by atoms with Gasteiger partial charge in [0.15, 0.2) is 0 Å². The van der Waals surface area contributed by atoms with Crippen molar-refractivity contribution in [3.63, 3.8) is 0 Å². The van der Waals surface area contributed by atoms with Crippen LogP contribution in [0.25, 0.3) is 0 Å². The summed E-state index contributed by atoms with van der Waals surface area (Å²) in [7, 11) is -3.53. The monoisotopic (exact) mass is 298 g/mol. The molecule has 19 heavy (non-hydrogen) atoms. The van der Waals surface area contributed by atoms with Crippen molar-refractivity contribution in [3.8, 4) is 0 Å². The molecule has 0 aliphatic heterocycles. The summed E-state index contributed by atoms with van der Waals surface area (Å²) in [4.78, 5) is 4.92. The van der Waals surface area contributed by atoms with Crippen LogP contribution in [0.1, 0.15) is 23.5 Å². The summed E-state index contributed by atoms with van der Waals surface area (Å²) >= 11 is 1.39. The Morgan fingerprint density at radius 2 is 2.05 bits per heavy atom. The first kappa shape index (κ1) is 14.1. The highest BCUT2D eigenvalue weighted by Crippen LogP contribution is 2.16. The molecule has 0 saturated carbocycles. The molecule has 0 aliphatic rings. The lowest BCUT2D eigenvalue weighted by Gasteiger charge is -2.08. The fraction of sp³-hybridized carbons (Fsp3) is 0.250. The molecule has 1 heterocycles. The van der Waals surface area contributed by atoms with Crippen LogP contribution in [0, 0.1) is 0 Å². The van der Waals surface area contributed by atoms with Crippen LogP contribution in [0.2, 0.25) is 0 Å². The summed E-state index contributed by atoms with van der Waals surface area (Å²) < 4.78 is 26.5. The van der Waals surface area contributed by atoms with E-state index in [0.29, 0.717) is 5.56 Å². The Morgan fingerprint density at radius 3 is 2.58 bits per heavy atom. The van der Waals surface area contributed by atoms with E-state index in [2.05, 4.69) is 9.71 Å². The molecule has 1 atom stereocenters. The van der Waals surface area contributed by atoms with Gasteiger partial charge in [0.2, 0.25) is 10.0 Å². The highest BCUT2D eigenvalue weighted by Gasteiger charge is 2.14. The van der Waals surface area contributed by atoms with E-state index in [9.17, 15) is 13.5 Å². The predicted octanol–water partition coefficient (Wildman–Crippen LogP) is 1.67. The highest BCUT2D eigenvalue weighted by atomic mass is 32.2. The molecule has 7 heteroatoms. The maximum absolute atomic E-state index is 12.0. The zero-order valence-electron chi connectivity index (χ0n) is 10.3. The quantitative estimate of drug-likeness (QED) is 0.880. The number of rotatable bonds is 5. The van der Waals surface area contributed by atoms with Gasteiger partial charge in [-0.2, -0.15) is 0 Å². The zero-order chi connectivity index (χ0) is 13.9. The second-order valence-corrected chi connectivity index (χ2v) is 6.78. The number of thiazole rings is 1. The van der Waals surface area contributed by atoms with Crippen molar-refractivity contribution < 1.29 is 13.5 Å². The van der Waals surface area contributed by atoms with E-state index in [-0.39, 0.29) is 11.4 Å². The summed E-state index contributed by atoms with van der Waals surface area (Å²) in [5.41, 5.74) is 2.34. The Morgan fingerprint density at radius 1 is 1.37 bits per heavy atom. The van der Waals surface area contributed by atoms with Gasteiger partial charge in [-0.25, -0.2) is 13.1 Å². The molecule has 0 amide bonds. The third-order valence-corrected chi connectivity index (χ3v) is 4.79. The van der Waals surface area contributed by atoms with Crippen molar-refractivity contribution in [3.05, 3.63) is 46.4 Å². The van der Waals surface area contributed by atoms with Gasteiger partial charge in [-0.15, -0.1) is 11.3 Å². The van der Waals surface area contributed by atoms with Crippen molar-refractivity contribution in [2.75, 3.05) is 0 Å². The third kappa shape index (κ3) is 3.60. The lowest BCUT2D eigenvalue weighted by molar-refractivity contribution is 0.199. The van der Waals surface area contributed by atoms with E-state index in [1.807, 2.05) is 0 Å². The number of nitrogens with zero attached hydrogens (tertiary/aromatic N) is 1. The van der Waals surface area contributed by atoms with Crippen molar-refractivity contribution in [2.45, 2.75) is 24.5 Å². The molecule has 0 aliphatic carbocycles. The molecule has 1 aromatic carbocycles. The Labute approximate surface area is 116 Å². The molecule has 1 aromatic heterocycles. The molecule has 0 fully saturated rings. The number of nitrogens with one attached hydrogen (secondary N) is 1. The lowest BCUT2D eigenvalue weighted by atomic mass is 10.1. The summed E-state index contributed by atoms with van der Waals surface area (Å²) in [5, 5.41) is 9.38. The lowest BCUT2D eigenvalue weighted by Crippen LogP contribution is -2.22. The van der Waals surface area contributed by atoms with E-state index >= 15 is 0 Å². The van der Waals surface area contributed by atoms with Crippen LogP contribution in [0.15, 0.2) is 40.9 Å². The third-order valence-electron chi connectivity index (χ3n) is 2.59. The fourth-order valence-corrected chi connectivity index (χ4v) is 3.14. The predicted molar refractivity (Wildman–Crippen MR) is 73.2 cm³/mol. The summed E-state index contributed by atoms with van der Waals surface area (Å²) in [6.45, 7) is 1.86. The first-order valence-electron chi connectivity index (χ1n) is 5.64. The van der Waals surface area contributed by atoms with Gasteiger partial charge in [-0.1, -0.05) is 12.1 Å². The van der Waals surface area contributed by atoms with E-state index < -0.39 is 16.1 Å². The van der Waals surface area contributed by atoms with Crippen molar-refractivity contribution in [2.24, 2.45) is 0 Å². The molecular weight excluding hydrogens is 284 g/mol. The van der Waals surface area contributed by atoms with Crippen molar-refractivity contribution in [1.29, 1.82) is 0 Å². The topological polar surface area (TPSA) is 79.3 Å². The molecule has 0 saturated heterocycles. The number of benzene rings is 1. The van der Waals surface area contributed by atoms with Crippen LogP contribution < -0.4 is 4.72 Å². The molecule has 2 aromatic rings. The molecule has 0 radical (unpaired) electrons. The molecule has 102 valence electrons. The van der Waals surface area contributed by atoms with Gasteiger partial charge in [0, 0.05) is 17.6 Å². The number of sulfonamides is 1. The molecular formula is C12H14N2O3S2. The van der Waals surface area contributed by atoms with Gasteiger partial charge in [-0.3, -0.25) is 4.98 Å². The van der Waals surface area contributed by atoms with Crippen LogP contribution in [-0.4, -0.2) is 18.5 Å². The van der Waals surface area contributed by atoms with Crippen LogP contribution in [0.3, 0.4) is 0 Å². The average Bonchev–Trinajstić information content (AvgIpc) is 2.90. The van der Waals surface area contributed by atoms with Gasteiger partial charge in [0.05, 0.1) is 16.5 Å². The zero-order valence-corrected chi connectivity index (χ0v) is 11.9. The highest BCUT2D eigenvalue weighted by molar-refractivity contribution is 7.89. The van der Waals surface area contributed by atoms with E-state index in [1.165, 1.54) is 23.5 Å². The Kier molecular flexibility index (Phi) is 4.31. The number of aliphatic hydroxyl groups is 1. The maximum Gasteiger partial charge on any atom is 0.240 e. The SMILES string of the molecule is CC(O)c1ccc(S(=O)(=O)NCc2cncs2)cc1. The Bertz CT molecular complexity index is 620. The van der Waals surface area contributed by atoms with Gasteiger partial charge in [-0.05, 0) is 24.6 Å². The van der Waals surface area contributed by atoms with E-state index in [4.69, 9.17) is 0 Å². The molecule has 0 bridgehead atoms. The fourth-order valence-electron chi connectivity index (χ4n) is 1.50. The largest absolute Gasteiger partial charge is 0.389 e. The van der Waals surface area contributed by atoms with Crippen LogP contribution in [0.4, 0.5) is 0 Å². The van der Waals surface area contributed by atoms with Crippen LogP contribution >= 0.6 is 11.3 Å². The van der Waals surface area contributed by atoms with E-state index in [0.717, 1.165) is 4.88 Å². The standard InChI is InChI=1S/C12H14N2O3S2/c1-9(15)10-2-4-12(5-3-10)19(16,17)14-7-11-6-13-8-18-11/h2-6,8-9,14-15H,7H2,1H3. The number of hydrogen-bond acceptors (Lipinski definition) is 5. The van der Waals surface area contributed by atoms with Crippen molar-refractivity contribution >= 4 is 21.4 Å². The van der Waals surface area contributed by atoms with Crippen LogP contribution in [-0.2, 0) is 16.6 Å². The molecule has 2 rings (SSSR count). The minimum absolute atomic E-state index is 0.182. The normalized spacial score (nSPS) is 13.4. The molecule has 2 N–H and O–H groups in total. The second kappa shape index (κ2) is 5.79. The Hall–Kier alpha value is -1.28. The smallest absolute Gasteiger partial charge is 0.240 e. The Balaban J connectivity index is 2.10. The summed E-state index contributed by atoms with van der Waals surface area (Å²) in [6, 6.07) is 6.17. The molecule has 0 spiro atoms. The van der Waals surface area contributed by atoms with Gasteiger partial charge in [0.25, 0.3) is 0 Å². The maximum atomic E-state index is 12.0. The molecule has 1 unspecified atom stereocenters. The first-order chi connectivity index (χ1) is 8.99. The number of aromatic nitrogens is 1. The van der Waals surface area contributed by atoms with Crippen molar-refractivity contribution in [1.82, 2.24) is 9.71 Å². The average molecular weight is 298 g/mol. The van der Waals surface area contributed by atoms with Gasteiger partial charge in [0.1, 0.15) is 0 Å². The van der Waals surface area contributed by atoms with E-state index in [1.54, 1.807) is 30.8 Å². The number of aliphatic hydroxyl groups excluding tert-OH is 1. The first-order valence-corrected chi connectivity index (χ1v) is 8.00. The molecule has 5 nitrogen and oxygen atoms in total. The van der Waals surface area contributed by atoms with Crippen LogP contribution in [0.5, 0.6) is 0 Å². The summed E-state index contributed by atoms with van der Waals surface area (Å²) in [5.74, 6) is 0. The van der Waals surface area contributed by atoms with Gasteiger partial charge < -0.3 is 5.11 Å². The second-order valence-electron chi connectivity index (χ2n) is 4.04. The minimum atomic E-state index is -3.53. The minimum Gasteiger partial charge on any atom is -0.389 e. The number of hydrogen-bond donors (Lipinski definition) is 2.